The summed E-state index contributed by atoms with van der Waals surface area (Å²) in [5.41, 5.74) is 7.12. The van der Waals surface area contributed by atoms with Gasteiger partial charge in [0.1, 0.15) is 23.8 Å². The summed E-state index contributed by atoms with van der Waals surface area (Å²) in [6.45, 7) is 17.2. The number of rotatable bonds is 10. The average molecular weight is 778 g/mol. The first-order valence-corrected chi connectivity index (χ1v) is 21.1. The molecule has 0 amide bonds. The van der Waals surface area contributed by atoms with E-state index in [-0.39, 0.29) is 42.7 Å². The highest BCUT2D eigenvalue weighted by Gasteiger charge is 2.58. The summed E-state index contributed by atoms with van der Waals surface area (Å²) in [6, 6.07) is 0. The molecular weight excluding hydrogens is 711 g/mol. The number of anilines is 1. The molecule has 5 N–H and O–H groups in total. The summed E-state index contributed by atoms with van der Waals surface area (Å²) in [6.07, 6.45) is 19.0. The molecule has 0 bridgehead atoms. The van der Waals surface area contributed by atoms with Crippen LogP contribution in [0.25, 0.3) is 0 Å². The van der Waals surface area contributed by atoms with Crippen molar-refractivity contribution in [2.45, 2.75) is 197 Å². The SMILES string of the molecule is C=C/C=C\CCC1OC2CCC3(C)OC4C(O)CC5(C)OC(CC/C=C(C)/C(C)=C/Cn6cnc7c6NC=NC7N)C(C)CC5OC4CC3OC2CCC1(C)O. The molecule has 6 aliphatic heterocycles. The first-order chi connectivity index (χ1) is 26.7. The van der Waals surface area contributed by atoms with Crippen molar-refractivity contribution in [1.29, 1.82) is 0 Å². The first kappa shape index (κ1) is 41.5. The predicted molar refractivity (Wildman–Crippen MR) is 217 cm³/mol. The molecule has 0 aliphatic carbocycles. The maximum absolute atomic E-state index is 11.9. The van der Waals surface area contributed by atoms with Crippen LogP contribution in [0.3, 0.4) is 0 Å². The summed E-state index contributed by atoms with van der Waals surface area (Å²) in [5.74, 6) is 1.18. The third-order valence-corrected chi connectivity index (χ3v) is 13.8. The monoisotopic (exact) mass is 778 g/mol. The van der Waals surface area contributed by atoms with Crippen LogP contribution in [0.5, 0.6) is 0 Å². The van der Waals surface area contributed by atoms with Gasteiger partial charge >= 0.3 is 0 Å². The van der Waals surface area contributed by atoms with Crippen LogP contribution in [0, 0.1) is 5.92 Å². The third-order valence-electron chi connectivity index (χ3n) is 13.8. The van der Waals surface area contributed by atoms with Crippen LogP contribution in [0.4, 0.5) is 5.82 Å². The van der Waals surface area contributed by atoms with Crippen molar-refractivity contribution in [3.05, 3.63) is 60.1 Å². The van der Waals surface area contributed by atoms with E-state index >= 15 is 0 Å². The van der Waals surface area contributed by atoms with Crippen LogP contribution >= 0.6 is 0 Å². The van der Waals surface area contributed by atoms with E-state index in [1.807, 2.05) is 17.6 Å². The first-order valence-electron chi connectivity index (χ1n) is 21.1. The molecule has 0 spiro atoms. The number of aliphatic hydroxyl groups is 2. The fraction of sp³-hybridized carbons (Fsp3) is 0.727. The zero-order valence-electron chi connectivity index (χ0n) is 34.4. The summed E-state index contributed by atoms with van der Waals surface area (Å²) < 4.78 is 36.6. The minimum atomic E-state index is -0.931. The molecule has 12 heteroatoms. The summed E-state index contributed by atoms with van der Waals surface area (Å²) >= 11 is 0. The van der Waals surface area contributed by atoms with E-state index in [2.05, 4.69) is 74.7 Å². The average Bonchev–Trinajstić information content (AvgIpc) is 3.42. The second-order valence-electron chi connectivity index (χ2n) is 18.1. The molecular formula is C44H67N5O7. The van der Waals surface area contributed by atoms with Crippen molar-refractivity contribution >= 4 is 12.2 Å². The molecule has 5 fully saturated rings. The molecule has 14 atom stereocenters. The van der Waals surface area contributed by atoms with Crippen LogP contribution in [-0.2, 0) is 30.2 Å². The lowest BCUT2D eigenvalue weighted by atomic mass is 9.79. The van der Waals surface area contributed by atoms with Crippen LogP contribution in [0.15, 0.2) is 59.4 Å². The van der Waals surface area contributed by atoms with Crippen molar-refractivity contribution in [3.63, 3.8) is 0 Å². The Morgan fingerprint density at radius 2 is 1.71 bits per heavy atom. The standard InChI is InChI=1S/C44H67N5O7/c1-8-9-10-11-15-35-42(5,51)19-16-32-33(52-35)17-20-43(6)37(53-32)23-34-39(56-43)30(50)24-44(7)36(54-34)22-29(4)31(55-44)14-12-13-27(2)28(3)18-21-49-26-48-38-40(45)46-25-47-41(38)49/h8-10,13,18,25-26,29-37,39-40,50-51H,1,11-12,14-17,19-24,45H2,2-7H3,(H,46,47)/b10-9-,27-13+,28-18+. The summed E-state index contributed by atoms with van der Waals surface area (Å²) in [7, 11) is 0. The predicted octanol–water partition coefficient (Wildman–Crippen LogP) is 6.59. The van der Waals surface area contributed by atoms with Gasteiger partial charge < -0.3 is 49.5 Å². The second kappa shape index (κ2) is 16.9. The van der Waals surface area contributed by atoms with Crippen LogP contribution < -0.4 is 11.1 Å². The topological polar surface area (TPSA) is 155 Å². The van der Waals surface area contributed by atoms with E-state index in [1.165, 1.54) is 11.1 Å². The molecule has 0 aromatic carbocycles. The van der Waals surface area contributed by atoms with Gasteiger partial charge in [-0.2, -0.15) is 0 Å². The number of nitrogens with two attached hydrogens (primary N) is 1. The van der Waals surface area contributed by atoms with Gasteiger partial charge in [-0.05, 0) is 98.3 Å². The van der Waals surface area contributed by atoms with E-state index < -0.39 is 35.2 Å². The van der Waals surface area contributed by atoms with Crippen molar-refractivity contribution in [3.8, 4) is 0 Å². The van der Waals surface area contributed by atoms with Crippen molar-refractivity contribution in [2.75, 3.05) is 5.32 Å². The van der Waals surface area contributed by atoms with Gasteiger partial charge in [0.05, 0.1) is 78.3 Å². The Bertz CT molecular complexity index is 1670. The Hall–Kier alpha value is -2.68. The lowest BCUT2D eigenvalue weighted by Gasteiger charge is -2.49. The quantitative estimate of drug-likeness (QED) is 0.192. The molecule has 14 unspecified atom stereocenters. The van der Waals surface area contributed by atoms with Gasteiger partial charge in [0.2, 0.25) is 0 Å². The van der Waals surface area contributed by atoms with E-state index in [9.17, 15) is 10.2 Å². The molecule has 12 nitrogen and oxygen atoms in total. The number of aliphatic imine (C=N–C) groups is 1. The van der Waals surface area contributed by atoms with E-state index in [1.54, 1.807) is 18.7 Å². The molecule has 0 radical (unpaired) electrons. The number of hydrogen-bond acceptors (Lipinski definition) is 11. The van der Waals surface area contributed by atoms with E-state index in [0.29, 0.717) is 31.7 Å². The van der Waals surface area contributed by atoms with Gasteiger partial charge in [-0.25, -0.2) is 4.98 Å². The summed E-state index contributed by atoms with van der Waals surface area (Å²) in [5, 5.41) is 26.4. The molecule has 1 aromatic heterocycles. The number of ether oxygens (including phenoxy) is 5. The van der Waals surface area contributed by atoms with Crippen LogP contribution in [-0.4, -0.2) is 97.8 Å². The molecule has 5 saturated heterocycles. The smallest absolute Gasteiger partial charge is 0.145 e. The highest BCUT2D eigenvalue weighted by Crippen LogP contribution is 2.49. The van der Waals surface area contributed by atoms with Crippen molar-refractivity contribution in [2.24, 2.45) is 16.6 Å². The Morgan fingerprint density at radius 3 is 2.52 bits per heavy atom. The Morgan fingerprint density at radius 1 is 0.982 bits per heavy atom. The fourth-order valence-electron chi connectivity index (χ4n) is 9.95. The highest BCUT2D eigenvalue weighted by molar-refractivity contribution is 5.77. The maximum atomic E-state index is 11.9. The normalized spacial score (nSPS) is 42.9. The molecule has 0 saturated carbocycles. The van der Waals surface area contributed by atoms with E-state index in [4.69, 9.17) is 29.4 Å². The number of hydrogen-bond donors (Lipinski definition) is 4. The summed E-state index contributed by atoms with van der Waals surface area (Å²) in [4.78, 5) is 8.62. The Kier molecular flexibility index (Phi) is 12.5. The van der Waals surface area contributed by atoms with Gasteiger partial charge in [-0.1, -0.05) is 55.0 Å². The number of nitrogens with zero attached hydrogens (tertiary/aromatic N) is 3. The number of imidazole rings is 1. The Balaban J connectivity index is 0.963. The highest BCUT2D eigenvalue weighted by atomic mass is 16.6. The molecule has 7 heterocycles. The number of fused-ring (bicyclic) bond motifs is 5. The minimum absolute atomic E-state index is 0.0500. The number of aliphatic hydroxyl groups excluding tert-OH is 1. The molecule has 310 valence electrons. The van der Waals surface area contributed by atoms with Crippen LogP contribution in [0.2, 0.25) is 0 Å². The number of allylic oxidation sites excluding steroid dienone is 7. The van der Waals surface area contributed by atoms with Gasteiger partial charge in [0.25, 0.3) is 0 Å². The number of nitrogens with one attached hydrogen (secondary N) is 1. The van der Waals surface area contributed by atoms with Gasteiger partial charge in [-0.3, -0.25) is 4.99 Å². The number of aromatic nitrogens is 2. The lowest BCUT2D eigenvalue weighted by molar-refractivity contribution is -0.273. The van der Waals surface area contributed by atoms with Gasteiger partial charge in [0, 0.05) is 19.4 Å². The van der Waals surface area contributed by atoms with Gasteiger partial charge in [0.15, 0.2) is 0 Å². The Labute approximate surface area is 333 Å². The molecule has 6 aliphatic rings. The third kappa shape index (κ3) is 8.69. The van der Waals surface area contributed by atoms with Crippen molar-refractivity contribution in [1.82, 2.24) is 9.55 Å². The molecule has 56 heavy (non-hydrogen) atoms. The lowest BCUT2D eigenvalue weighted by Crippen LogP contribution is -2.59. The zero-order chi connectivity index (χ0) is 39.8. The van der Waals surface area contributed by atoms with Crippen LogP contribution in [0.1, 0.15) is 124 Å². The van der Waals surface area contributed by atoms with E-state index in [0.717, 1.165) is 62.9 Å². The second-order valence-corrected chi connectivity index (χ2v) is 18.1. The largest absolute Gasteiger partial charge is 0.390 e. The minimum Gasteiger partial charge on any atom is -0.390 e. The van der Waals surface area contributed by atoms with Crippen molar-refractivity contribution < 1.29 is 33.9 Å². The van der Waals surface area contributed by atoms with Gasteiger partial charge in [-0.15, -0.1) is 0 Å². The molecule has 7 rings (SSSR count). The maximum Gasteiger partial charge on any atom is 0.145 e. The molecule has 1 aromatic rings. The zero-order valence-corrected chi connectivity index (χ0v) is 34.4. The fourth-order valence-corrected chi connectivity index (χ4v) is 9.95.